The third-order valence-electron chi connectivity index (χ3n) is 7.43. The number of carbonyl (C=O) groups excluding carboxylic acids is 2. The Bertz CT molecular complexity index is 1770. The van der Waals surface area contributed by atoms with Crippen LogP contribution in [0.15, 0.2) is 48.5 Å². The zero-order chi connectivity index (χ0) is 28.7. The summed E-state index contributed by atoms with van der Waals surface area (Å²) in [7, 11) is 1.44. The van der Waals surface area contributed by atoms with Gasteiger partial charge in [0.15, 0.2) is 11.2 Å². The van der Waals surface area contributed by atoms with Crippen molar-refractivity contribution in [3.05, 3.63) is 86.9 Å². The normalized spacial score (nSPS) is 17.6. The second-order valence-electron chi connectivity index (χ2n) is 10.1. The first-order valence-electron chi connectivity index (χ1n) is 12.5. The second kappa shape index (κ2) is 8.97. The number of aryl methyl sites for hydroxylation is 1. The van der Waals surface area contributed by atoms with Gasteiger partial charge in [-0.15, -0.1) is 0 Å². The van der Waals surface area contributed by atoms with Crippen LogP contribution in [0.1, 0.15) is 47.2 Å². The lowest BCUT2D eigenvalue weighted by molar-refractivity contribution is -0.119. The Kier molecular flexibility index (Phi) is 5.87. The number of amides is 2. The maximum absolute atomic E-state index is 14.8. The first kappa shape index (κ1) is 26.2. The van der Waals surface area contributed by atoms with E-state index in [0.29, 0.717) is 38.2 Å². The minimum absolute atomic E-state index is 0.0558. The highest BCUT2D eigenvalue weighted by Crippen LogP contribution is 2.55. The van der Waals surface area contributed by atoms with Gasteiger partial charge in [0.25, 0.3) is 11.8 Å². The molecule has 3 N–H and O–H groups in total. The number of nitrogens with zero attached hydrogens (tertiary/aromatic N) is 3. The van der Waals surface area contributed by atoms with E-state index in [1.54, 1.807) is 41.0 Å². The highest BCUT2D eigenvalue weighted by molar-refractivity contribution is 6.32. The van der Waals surface area contributed by atoms with E-state index in [2.05, 4.69) is 5.32 Å². The van der Waals surface area contributed by atoms with Gasteiger partial charge in [-0.3, -0.25) is 14.5 Å². The number of nitrogen functional groups attached to an aromatic ring is 1. The predicted molar refractivity (Wildman–Crippen MR) is 153 cm³/mol. The largest absolute Gasteiger partial charge is 0.496 e. The zero-order valence-corrected chi connectivity index (χ0v) is 23.5. The smallest absolute Gasteiger partial charge is 0.280 e. The average molecular weight is 580 g/mol. The second-order valence-corrected chi connectivity index (χ2v) is 11.0. The number of nitrogens with two attached hydrogens (primary N) is 1. The standard InChI is InChI=1S/C29H24Cl2FN5O3/c1-13(2)36-25-24(35-26(36)17-11-19(32)20(33)12-23(17)40-4)27(38)37(22-10-16(31)6-5-14(22)3)29(25)18-8-7-15(30)9-21(18)34-28(29)39/h5-13H,33H2,1-4H3,(H,34,39). The van der Waals surface area contributed by atoms with E-state index >= 15 is 0 Å². The highest BCUT2D eigenvalue weighted by Gasteiger charge is 2.64. The molecule has 0 saturated heterocycles. The van der Waals surface area contributed by atoms with E-state index in [4.69, 9.17) is 38.7 Å². The van der Waals surface area contributed by atoms with Crippen molar-refractivity contribution >= 4 is 52.1 Å². The van der Waals surface area contributed by atoms with Gasteiger partial charge in [0.2, 0.25) is 0 Å². The van der Waals surface area contributed by atoms with Crippen molar-refractivity contribution in [1.29, 1.82) is 0 Å². The van der Waals surface area contributed by atoms with Crippen LogP contribution in [0.4, 0.5) is 21.5 Å². The molecule has 1 atom stereocenters. The molecule has 1 unspecified atom stereocenters. The number of hydrogen-bond acceptors (Lipinski definition) is 5. The lowest BCUT2D eigenvalue weighted by atomic mass is 9.86. The first-order valence-corrected chi connectivity index (χ1v) is 13.2. The van der Waals surface area contributed by atoms with Crippen molar-refractivity contribution in [1.82, 2.24) is 9.55 Å². The molecule has 2 amide bonds. The molecule has 11 heteroatoms. The van der Waals surface area contributed by atoms with E-state index < -0.39 is 23.2 Å². The number of halogens is 3. The molecule has 0 radical (unpaired) electrons. The minimum atomic E-state index is -1.66. The van der Waals surface area contributed by atoms with E-state index in [0.717, 1.165) is 5.56 Å². The van der Waals surface area contributed by atoms with Crippen molar-refractivity contribution in [3.63, 3.8) is 0 Å². The fourth-order valence-corrected chi connectivity index (χ4v) is 6.08. The van der Waals surface area contributed by atoms with Gasteiger partial charge in [-0.1, -0.05) is 35.3 Å². The molecule has 8 nitrogen and oxygen atoms in total. The fourth-order valence-electron chi connectivity index (χ4n) is 5.74. The number of methoxy groups -OCH3 is 1. The van der Waals surface area contributed by atoms with Gasteiger partial charge in [0, 0.05) is 33.4 Å². The summed E-state index contributed by atoms with van der Waals surface area (Å²) < 4.78 is 22.1. The number of fused-ring (bicyclic) bond motifs is 4. The monoisotopic (exact) mass is 579 g/mol. The van der Waals surface area contributed by atoms with Crippen LogP contribution >= 0.6 is 23.2 Å². The molecule has 0 fully saturated rings. The molecule has 1 spiro atoms. The Balaban J connectivity index is 1.75. The predicted octanol–water partition coefficient (Wildman–Crippen LogP) is 6.33. The van der Waals surface area contributed by atoms with Gasteiger partial charge in [-0.25, -0.2) is 9.37 Å². The number of aromatic nitrogens is 2. The molecule has 0 saturated carbocycles. The fraction of sp³-hybridized carbons (Fsp3) is 0.207. The summed E-state index contributed by atoms with van der Waals surface area (Å²) in [4.78, 5) is 34.9. The number of ether oxygens (including phenoxy) is 1. The number of imidazole rings is 1. The first-order chi connectivity index (χ1) is 19.0. The number of anilines is 3. The van der Waals surface area contributed by atoms with Crippen molar-refractivity contribution in [2.45, 2.75) is 32.4 Å². The van der Waals surface area contributed by atoms with Crippen LogP contribution in [-0.2, 0) is 10.3 Å². The molecule has 40 heavy (non-hydrogen) atoms. The van der Waals surface area contributed by atoms with Gasteiger partial charge in [-0.2, -0.15) is 0 Å². The third kappa shape index (κ3) is 3.40. The molecule has 3 aromatic carbocycles. The molecule has 204 valence electrons. The van der Waals surface area contributed by atoms with E-state index in [-0.39, 0.29) is 29.0 Å². The molecular formula is C29H24Cl2FN5O3. The summed E-state index contributed by atoms with van der Waals surface area (Å²) in [5, 5.41) is 3.75. The van der Waals surface area contributed by atoms with Crippen LogP contribution in [-0.4, -0.2) is 28.5 Å². The van der Waals surface area contributed by atoms with Gasteiger partial charge >= 0.3 is 0 Å². The Morgan fingerprint density at radius 3 is 2.48 bits per heavy atom. The molecule has 1 aromatic heterocycles. The molecule has 3 heterocycles. The number of rotatable bonds is 4. The van der Waals surface area contributed by atoms with Crippen molar-refractivity contribution in [2.24, 2.45) is 0 Å². The van der Waals surface area contributed by atoms with Gasteiger partial charge in [0.1, 0.15) is 17.4 Å². The Morgan fingerprint density at radius 1 is 1.07 bits per heavy atom. The maximum Gasteiger partial charge on any atom is 0.280 e. The molecule has 2 aliphatic heterocycles. The molecule has 6 rings (SSSR count). The molecule has 4 aromatic rings. The zero-order valence-electron chi connectivity index (χ0n) is 22.0. The van der Waals surface area contributed by atoms with Crippen molar-refractivity contribution in [2.75, 3.05) is 23.1 Å². The van der Waals surface area contributed by atoms with E-state index in [1.807, 2.05) is 20.8 Å². The van der Waals surface area contributed by atoms with Crippen LogP contribution in [0.2, 0.25) is 10.0 Å². The molecule has 0 bridgehead atoms. The maximum atomic E-state index is 14.8. The van der Waals surface area contributed by atoms with Crippen molar-refractivity contribution < 1.29 is 18.7 Å². The average Bonchev–Trinajstić information content (AvgIpc) is 3.51. The molecule has 0 aliphatic carbocycles. The summed E-state index contributed by atoms with van der Waals surface area (Å²) in [5.74, 6) is -1.09. The summed E-state index contributed by atoms with van der Waals surface area (Å²) in [6.07, 6.45) is 0. The van der Waals surface area contributed by atoms with Gasteiger partial charge < -0.3 is 20.4 Å². The Hall–Kier alpha value is -4.08. The van der Waals surface area contributed by atoms with Gasteiger partial charge in [-0.05, 0) is 56.7 Å². The summed E-state index contributed by atoms with van der Waals surface area (Å²) >= 11 is 12.7. The Morgan fingerprint density at radius 2 is 1.77 bits per heavy atom. The SMILES string of the molecule is COc1cc(N)c(F)cc1-c1nc2c(n1C(C)C)C1(C(=O)Nc3cc(Cl)ccc31)N(c1cc(Cl)ccc1C)C2=O. The Labute approximate surface area is 239 Å². The van der Waals surface area contributed by atoms with E-state index in [9.17, 15) is 14.0 Å². The van der Waals surface area contributed by atoms with Crippen LogP contribution in [0, 0.1) is 12.7 Å². The lowest BCUT2D eigenvalue weighted by Gasteiger charge is -2.36. The van der Waals surface area contributed by atoms with E-state index in [1.165, 1.54) is 24.1 Å². The van der Waals surface area contributed by atoms with Crippen molar-refractivity contribution in [3.8, 4) is 17.1 Å². The number of hydrogen-bond donors (Lipinski definition) is 2. The van der Waals surface area contributed by atoms with Crippen LogP contribution in [0.3, 0.4) is 0 Å². The quantitative estimate of drug-likeness (QED) is 0.275. The lowest BCUT2D eigenvalue weighted by Crippen LogP contribution is -2.51. The van der Waals surface area contributed by atoms with Crippen LogP contribution in [0.5, 0.6) is 5.75 Å². The molecular weight excluding hydrogens is 556 g/mol. The third-order valence-corrected chi connectivity index (χ3v) is 7.90. The highest BCUT2D eigenvalue weighted by atomic mass is 35.5. The molecule has 2 aliphatic rings. The number of carbonyl (C=O) groups is 2. The van der Waals surface area contributed by atoms with Crippen LogP contribution in [0.25, 0.3) is 11.4 Å². The number of nitrogens with one attached hydrogen (secondary N) is 1. The van der Waals surface area contributed by atoms with Crippen LogP contribution < -0.4 is 20.7 Å². The van der Waals surface area contributed by atoms with Gasteiger partial charge in [0.05, 0.1) is 29.7 Å². The number of benzene rings is 3. The minimum Gasteiger partial charge on any atom is -0.496 e. The topological polar surface area (TPSA) is 102 Å². The summed E-state index contributed by atoms with van der Waals surface area (Å²) in [6.45, 7) is 5.63. The summed E-state index contributed by atoms with van der Waals surface area (Å²) in [5.41, 5.74) is 6.94. The summed E-state index contributed by atoms with van der Waals surface area (Å²) in [6, 6.07) is 12.5.